The van der Waals surface area contributed by atoms with Crippen LogP contribution in [0.2, 0.25) is 0 Å². The van der Waals surface area contributed by atoms with Gasteiger partial charge in [0.2, 0.25) is 5.91 Å². The fourth-order valence-electron chi connectivity index (χ4n) is 3.63. The highest BCUT2D eigenvalue weighted by Gasteiger charge is 2.22. The van der Waals surface area contributed by atoms with Crippen LogP contribution in [-0.4, -0.2) is 63.0 Å². The van der Waals surface area contributed by atoms with Crippen LogP contribution in [0.4, 0.5) is 0 Å². The molecule has 0 aromatic heterocycles. The maximum atomic E-state index is 12.4. The van der Waals surface area contributed by atoms with E-state index < -0.39 is 0 Å². The van der Waals surface area contributed by atoms with Gasteiger partial charge in [0.25, 0.3) is 0 Å². The molecule has 144 valence electrons. The monoisotopic (exact) mass is 362 g/mol. The number of carbonyl (C=O) groups excluding carboxylic acids is 1. The number of amides is 1. The maximum absolute atomic E-state index is 12.4. The second-order valence-electron chi connectivity index (χ2n) is 7.06. The zero-order chi connectivity index (χ0) is 18.2. The van der Waals surface area contributed by atoms with Crippen molar-refractivity contribution in [3.63, 3.8) is 0 Å². The van der Waals surface area contributed by atoms with Gasteiger partial charge in [0.1, 0.15) is 5.75 Å². The Hall–Kier alpha value is -1.63. The lowest BCUT2D eigenvalue weighted by Crippen LogP contribution is -2.42. The number of nitrogens with one attached hydrogen (secondary N) is 1. The molecule has 26 heavy (non-hydrogen) atoms. The van der Waals surface area contributed by atoms with Crippen molar-refractivity contribution >= 4 is 5.91 Å². The first-order chi connectivity index (χ1) is 12.7. The van der Waals surface area contributed by atoms with Gasteiger partial charge in [-0.15, -0.1) is 0 Å². The average Bonchev–Trinajstić information content (AvgIpc) is 3.34. The molecule has 1 aromatic rings. The normalized spacial score (nSPS) is 22.7. The molecule has 0 spiro atoms. The van der Waals surface area contributed by atoms with E-state index in [0.29, 0.717) is 19.6 Å². The standard InChI is InChI=1S/C20H30N2O4/c1-24-19-9-3-2-6-16(19)13-22(14-18-8-5-11-26-18)15-20(23)21-12-17-7-4-10-25-17/h2-3,6,9,17-18H,4-5,7-8,10-15H2,1H3,(H,21,23). The van der Waals surface area contributed by atoms with E-state index in [2.05, 4.69) is 10.2 Å². The van der Waals surface area contributed by atoms with Crippen molar-refractivity contribution in [2.75, 3.05) is 40.0 Å². The third-order valence-electron chi connectivity index (χ3n) is 4.99. The molecule has 1 amide bonds. The van der Waals surface area contributed by atoms with Crippen LogP contribution < -0.4 is 10.1 Å². The van der Waals surface area contributed by atoms with Crippen molar-refractivity contribution in [2.24, 2.45) is 0 Å². The van der Waals surface area contributed by atoms with Crippen molar-refractivity contribution in [2.45, 2.75) is 44.4 Å². The summed E-state index contributed by atoms with van der Waals surface area (Å²) in [5, 5.41) is 3.02. The van der Waals surface area contributed by atoms with E-state index in [9.17, 15) is 4.79 Å². The van der Waals surface area contributed by atoms with Gasteiger partial charge in [-0.05, 0) is 31.7 Å². The average molecular weight is 362 g/mol. The van der Waals surface area contributed by atoms with E-state index in [1.807, 2.05) is 24.3 Å². The van der Waals surface area contributed by atoms with Gasteiger partial charge in [-0.1, -0.05) is 18.2 Å². The summed E-state index contributed by atoms with van der Waals surface area (Å²) in [6, 6.07) is 7.96. The van der Waals surface area contributed by atoms with E-state index in [1.54, 1.807) is 7.11 Å². The summed E-state index contributed by atoms with van der Waals surface area (Å²) in [6.07, 6.45) is 4.63. The third-order valence-corrected chi connectivity index (χ3v) is 4.99. The Morgan fingerprint density at radius 1 is 1.19 bits per heavy atom. The number of hydrogen-bond acceptors (Lipinski definition) is 5. The fourth-order valence-corrected chi connectivity index (χ4v) is 3.63. The number of carbonyl (C=O) groups is 1. The molecule has 6 nitrogen and oxygen atoms in total. The van der Waals surface area contributed by atoms with E-state index in [4.69, 9.17) is 14.2 Å². The van der Waals surface area contributed by atoms with Gasteiger partial charge in [-0.3, -0.25) is 9.69 Å². The molecular formula is C20H30N2O4. The molecule has 2 unspecified atom stereocenters. The SMILES string of the molecule is COc1ccccc1CN(CC(=O)NCC1CCCO1)CC1CCCO1. The smallest absolute Gasteiger partial charge is 0.234 e. The fraction of sp³-hybridized carbons (Fsp3) is 0.650. The second kappa shape index (κ2) is 9.90. The zero-order valence-electron chi connectivity index (χ0n) is 15.6. The molecule has 2 atom stereocenters. The van der Waals surface area contributed by atoms with Gasteiger partial charge < -0.3 is 19.5 Å². The number of nitrogens with zero attached hydrogens (tertiary/aromatic N) is 1. The van der Waals surface area contributed by atoms with Gasteiger partial charge >= 0.3 is 0 Å². The maximum Gasteiger partial charge on any atom is 0.234 e. The van der Waals surface area contributed by atoms with Crippen molar-refractivity contribution < 1.29 is 19.0 Å². The number of para-hydroxylation sites is 1. The minimum Gasteiger partial charge on any atom is -0.496 e. The summed E-state index contributed by atoms with van der Waals surface area (Å²) in [4.78, 5) is 14.6. The minimum atomic E-state index is 0.0356. The van der Waals surface area contributed by atoms with Crippen LogP contribution in [-0.2, 0) is 20.8 Å². The summed E-state index contributed by atoms with van der Waals surface area (Å²) in [7, 11) is 1.68. The predicted octanol–water partition coefficient (Wildman–Crippen LogP) is 1.97. The summed E-state index contributed by atoms with van der Waals surface area (Å²) in [5.41, 5.74) is 1.08. The van der Waals surface area contributed by atoms with Crippen molar-refractivity contribution in [3.05, 3.63) is 29.8 Å². The van der Waals surface area contributed by atoms with Crippen LogP contribution in [0.15, 0.2) is 24.3 Å². The second-order valence-corrected chi connectivity index (χ2v) is 7.06. The predicted molar refractivity (Wildman–Crippen MR) is 99.2 cm³/mol. The zero-order valence-corrected chi connectivity index (χ0v) is 15.6. The van der Waals surface area contributed by atoms with E-state index >= 15 is 0 Å². The number of benzene rings is 1. The molecule has 2 saturated heterocycles. The third kappa shape index (κ3) is 5.69. The van der Waals surface area contributed by atoms with Crippen LogP contribution >= 0.6 is 0 Å². The molecule has 2 fully saturated rings. The topological polar surface area (TPSA) is 60.0 Å². The lowest BCUT2D eigenvalue weighted by Gasteiger charge is -2.25. The Morgan fingerprint density at radius 2 is 1.92 bits per heavy atom. The Morgan fingerprint density at radius 3 is 2.62 bits per heavy atom. The van der Waals surface area contributed by atoms with Gasteiger partial charge in [0.05, 0.1) is 25.9 Å². The van der Waals surface area contributed by atoms with Gasteiger partial charge in [-0.25, -0.2) is 0 Å². The highest BCUT2D eigenvalue weighted by atomic mass is 16.5. The Kier molecular flexibility index (Phi) is 7.29. The van der Waals surface area contributed by atoms with Crippen molar-refractivity contribution in [1.82, 2.24) is 10.2 Å². The van der Waals surface area contributed by atoms with E-state index in [1.165, 1.54) is 0 Å². The van der Waals surface area contributed by atoms with Gasteiger partial charge in [0.15, 0.2) is 0 Å². The Labute approximate surface area is 155 Å². The summed E-state index contributed by atoms with van der Waals surface area (Å²) in [5.74, 6) is 0.887. The highest BCUT2D eigenvalue weighted by molar-refractivity contribution is 5.78. The largest absolute Gasteiger partial charge is 0.496 e. The minimum absolute atomic E-state index is 0.0356. The molecule has 1 N–H and O–H groups in total. The summed E-state index contributed by atoms with van der Waals surface area (Å²) < 4.78 is 16.8. The first kappa shape index (κ1) is 19.1. The molecule has 6 heteroatoms. The van der Waals surface area contributed by atoms with Crippen LogP contribution in [0.1, 0.15) is 31.2 Å². The van der Waals surface area contributed by atoms with Crippen LogP contribution in [0.25, 0.3) is 0 Å². The Bertz CT molecular complexity index is 569. The molecule has 0 saturated carbocycles. The molecule has 1 aromatic carbocycles. The molecular weight excluding hydrogens is 332 g/mol. The first-order valence-corrected chi connectivity index (χ1v) is 9.58. The van der Waals surface area contributed by atoms with E-state index in [0.717, 1.165) is 56.8 Å². The number of ether oxygens (including phenoxy) is 3. The van der Waals surface area contributed by atoms with Crippen LogP contribution in [0.5, 0.6) is 5.75 Å². The number of methoxy groups -OCH3 is 1. The van der Waals surface area contributed by atoms with Crippen molar-refractivity contribution in [3.8, 4) is 5.75 Å². The lowest BCUT2D eigenvalue weighted by atomic mass is 10.1. The summed E-state index contributed by atoms with van der Waals surface area (Å²) >= 11 is 0. The molecule has 3 rings (SSSR count). The van der Waals surface area contributed by atoms with Gasteiger partial charge in [0, 0.05) is 38.4 Å². The van der Waals surface area contributed by atoms with Crippen LogP contribution in [0.3, 0.4) is 0 Å². The van der Waals surface area contributed by atoms with E-state index in [-0.39, 0.29) is 18.1 Å². The lowest BCUT2D eigenvalue weighted by molar-refractivity contribution is -0.123. The molecule has 0 radical (unpaired) electrons. The molecule has 0 aliphatic carbocycles. The number of rotatable bonds is 9. The summed E-state index contributed by atoms with van der Waals surface area (Å²) in [6.45, 7) is 3.99. The molecule has 2 aliphatic rings. The van der Waals surface area contributed by atoms with Crippen LogP contribution in [0, 0.1) is 0 Å². The van der Waals surface area contributed by atoms with Crippen molar-refractivity contribution in [1.29, 1.82) is 0 Å². The van der Waals surface area contributed by atoms with Gasteiger partial charge in [-0.2, -0.15) is 0 Å². The molecule has 2 heterocycles. The Balaban J connectivity index is 1.57. The molecule has 2 aliphatic heterocycles. The molecule has 0 bridgehead atoms. The highest BCUT2D eigenvalue weighted by Crippen LogP contribution is 2.21. The first-order valence-electron chi connectivity index (χ1n) is 9.58. The number of hydrogen-bond donors (Lipinski definition) is 1. The quantitative estimate of drug-likeness (QED) is 0.728.